The topological polar surface area (TPSA) is 112 Å². The zero-order valence-electron chi connectivity index (χ0n) is 25.4. The number of Topliss-reactive ketones (excluding diaryl/α,β-unsaturated/α-hetero) is 1. The molecule has 1 unspecified atom stereocenters. The fourth-order valence-electron chi connectivity index (χ4n) is 3.24. The Bertz CT molecular complexity index is 1170. The number of ketones is 1. The van der Waals surface area contributed by atoms with Crippen LogP contribution in [0.4, 0.5) is 0 Å². The van der Waals surface area contributed by atoms with Crippen molar-refractivity contribution in [1.29, 1.82) is 0 Å². The summed E-state index contributed by atoms with van der Waals surface area (Å²) in [7, 11) is 3.32. The summed E-state index contributed by atoms with van der Waals surface area (Å²) in [6.07, 6.45) is 13.0. The number of carboxylic acid groups (broad SMARTS) is 1. The lowest BCUT2D eigenvalue weighted by molar-refractivity contribution is -0.139. The number of carboxylic acids is 1. The van der Waals surface area contributed by atoms with Crippen LogP contribution < -0.4 is 10.5 Å². The van der Waals surface area contributed by atoms with Crippen molar-refractivity contribution in [2.75, 3.05) is 13.7 Å². The summed E-state index contributed by atoms with van der Waals surface area (Å²) in [6.45, 7) is 19.7. The van der Waals surface area contributed by atoms with Crippen molar-refractivity contribution in [2.24, 2.45) is 18.7 Å². The molecule has 0 amide bonds. The third kappa shape index (κ3) is 16.0. The van der Waals surface area contributed by atoms with Crippen LogP contribution in [0.1, 0.15) is 55.7 Å². The molecule has 0 bridgehead atoms. The summed E-state index contributed by atoms with van der Waals surface area (Å²) in [4.78, 5) is 33.8. The van der Waals surface area contributed by atoms with E-state index in [1.165, 1.54) is 7.05 Å². The molecule has 2 rings (SSSR count). The van der Waals surface area contributed by atoms with Gasteiger partial charge in [0.1, 0.15) is 5.75 Å². The van der Waals surface area contributed by atoms with Gasteiger partial charge in [0.2, 0.25) is 5.78 Å². The number of hydrogen-bond donors (Lipinski definition) is 3. The Morgan fingerprint density at radius 2 is 1.76 bits per heavy atom. The van der Waals surface area contributed by atoms with Gasteiger partial charge in [-0.3, -0.25) is 9.59 Å². The minimum atomic E-state index is -1.10. The van der Waals surface area contributed by atoms with E-state index in [0.717, 1.165) is 27.7 Å². The number of aryl methyl sites for hydroxylation is 2. The molecule has 3 N–H and O–H groups in total. The van der Waals surface area contributed by atoms with Gasteiger partial charge in [0, 0.05) is 16.6 Å². The number of nitrogens with zero attached hydrogens (tertiary/aromatic N) is 1. The minimum absolute atomic E-state index is 0.273. The van der Waals surface area contributed by atoms with Gasteiger partial charge >= 0.3 is 5.97 Å². The number of fused-ring (bicyclic) bond motifs is 1. The minimum Gasteiger partial charge on any atom is -0.481 e. The maximum Gasteiger partial charge on any atom is 0.341 e. The molecule has 0 saturated heterocycles. The van der Waals surface area contributed by atoms with Crippen molar-refractivity contribution in [3.8, 4) is 5.75 Å². The third-order valence-corrected chi connectivity index (χ3v) is 5.50. The van der Waals surface area contributed by atoms with Crippen molar-refractivity contribution >= 4 is 57.5 Å². The van der Waals surface area contributed by atoms with Crippen LogP contribution in [0.25, 0.3) is 10.9 Å². The van der Waals surface area contributed by atoms with E-state index < -0.39 is 18.4 Å². The molecule has 0 fully saturated rings. The molecular weight excluding hydrogens is 604 g/mol. The number of halogens is 1. The van der Waals surface area contributed by atoms with Crippen LogP contribution >= 0.6 is 28.6 Å². The van der Waals surface area contributed by atoms with E-state index in [1.54, 1.807) is 25.1 Å². The molecule has 1 aromatic carbocycles. The molecule has 1 heterocycles. The van der Waals surface area contributed by atoms with E-state index in [1.807, 2.05) is 62.8 Å². The maximum atomic E-state index is 12.1. The summed E-state index contributed by atoms with van der Waals surface area (Å²) in [6, 6.07) is 3.54. The molecule has 9 heteroatoms. The Labute approximate surface area is 260 Å². The lowest BCUT2D eigenvalue weighted by Crippen LogP contribution is -2.10. The average Bonchev–Trinajstić information content (AvgIpc) is 3.25. The number of ether oxygens (including phenoxy) is 1. The smallest absolute Gasteiger partial charge is 0.341 e. The van der Waals surface area contributed by atoms with Crippen molar-refractivity contribution in [3.05, 3.63) is 89.0 Å². The molecular formula is C32H47BrN2O5S. The predicted molar refractivity (Wildman–Crippen MR) is 182 cm³/mol. The molecule has 2 aromatic rings. The van der Waals surface area contributed by atoms with Gasteiger partial charge in [-0.25, -0.2) is 4.79 Å². The Morgan fingerprint density at radius 1 is 1.20 bits per heavy atom. The Balaban J connectivity index is -0.000000667. The van der Waals surface area contributed by atoms with E-state index in [4.69, 9.17) is 9.84 Å². The summed E-state index contributed by atoms with van der Waals surface area (Å²) < 4.78 is 8.02. The van der Waals surface area contributed by atoms with E-state index in [2.05, 4.69) is 61.0 Å². The number of aldehydes is 1. The standard InChI is InChI=1S/C17H19NO5.C8H11BrS.C4H6.C2H6.CH5N/c1-4-5-11-6-7-13(23-9-14(21)22)16-15(12(20)8-19)10(2)18(3)17(11)16;1-3-7(2)5-4-6-8(9)10;1-3-4-2;2*1-2/h6-8H,4-5,9H2,1-3H3,(H,21,22);3-7,10H,1H2,2H3;3-4H,1-2H2;1-2H3;2H2,1H3/b;5-4+,8-6-;;;. The van der Waals surface area contributed by atoms with Crippen LogP contribution in [0.3, 0.4) is 0 Å². The zero-order chi connectivity index (χ0) is 32.5. The van der Waals surface area contributed by atoms with Crippen LogP contribution in [-0.4, -0.2) is 41.4 Å². The van der Waals surface area contributed by atoms with Gasteiger partial charge in [0.25, 0.3) is 0 Å². The highest BCUT2D eigenvalue weighted by molar-refractivity contribution is 9.13. The lowest BCUT2D eigenvalue weighted by atomic mass is 10.0. The van der Waals surface area contributed by atoms with E-state index in [-0.39, 0.29) is 11.8 Å². The van der Waals surface area contributed by atoms with E-state index in [9.17, 15) is 14.4 Å². The van der Waals surface area contributed by atoms with Gasteiger partial charge in [0.15, 0.2) is 12.9 Å². The summed E-state index contributed by atoms with van der Waals surface area (Å²) >= 11 is 7.23. The molecule has 0 aliphatic heterocycles. The summed E-state index contributed by atoms with van der Waals surface area (Å²) in [5.74, 6) is -1.01. The van der Waals surface area contributed by atoms with Crippen LogP contribution in [0.5, 0.6) is 5.75 Å². The second-order valence-corrected chi connectivity index (χ2v) is 9.77. The quantitative estimate of drug-likeness (QED) is 0.0572. The molecule has 1 aromatic heterocycles. The zero-order valence-corrected chi connectivity index (χ0v) is 27.9. The third-order valence-electron chi connectivity index (χ3n) is 5.08. The molecule has 41 heavy (non-hydrogen) atoms. The SMILES string of the molecule is C=CC(C)/C=C/C=C(\S)Br.C=CC=C.CC.CCCc1ccc(OCC(=O)O)c2c(C(=O)C=O)c(C)n(C)c12.CN. The highest BCUT2D eigenvalue weighted by Gasteiger charge is 2.23. The molecule has 0 aliphatic rings. The fraction of sp³-hybridized carbons (Fsp3) is 0.344. The number of nitrogens with two attached hydrogens (primary N) is 1. The first-order valence-electron chi connectivity index (χ1n) is 13.1. The predicted octanol–water partition coefficient (Wildman–Crippen LogP) is 7.77. The fourth-order valence-corrected chi connectivity index (χ4v) is 3.48. The van der Waals surface area contributed by atoms with Crippen LogP contribution in [0.2, 0.25) is 0 Å². The number of hydrogen-bond acceptors (Lipinski definition) is 6. The van der Waals surface area contributed by atoms with E-state index in [0.29, 0.717) is 22.7 Å². The van der Waals surface area contributed by atoms with Gasteiger partial charge in [-0.1, -0.05) is 83.7 Å². The number of aromatic nitrogens is 1. The van der Waals surface area contributed by atoms with Gasteiger partial charge in [-0.15, -0.1) is 19.2 Å². The van der Waals surface area contributed by atoms with Gasteiger partial charge in [0.05, 0.1) is 16.5 Å². The number of aliphatic carboxylic acids is 1. The van der Waals surface area contributed by atoms with Crippen LogP contribution in [-0.2, 0) is 23.1 Å². The molecule has 0 saturated carbocycles. The number of allylic oxidation sites excluding steroid dienone is 6. The largest absolute Gasteiger partial charge is 0.481 e. The highest BCUT2D eigenvalue weighted by Crippen LogP contribution is 2.36. The lowest BCUT2D eigenvalue weighted by Gasteiger charge is -2.10. The first kappa shape index (κ1) is 42.3. The first-order chi connectivity index (χ1) is 19.5. The second kappa shape index (κ2) is 25.8. The summed E-state index contributed by atoms with van der Waals surface area (Å²) in [5.41, 5.74) is 7.26. The molecule has 7 nitrogen and oxygen atoms in total. The monoisotopic (exact) mass is 650 g/mol. The van der Waals surface area contributed by atoms with Gasteiger partial charge < -0.3 is 20.1 Å². The number of thiol groups is 1. The highest BCUT2D eigenvalue weighted by atomic mass is 79.9. The number of carbonyl (C=O) groups is 3. The normalized spacial score (nSPS) is 10.6. The number of carbonyl (C=O) groups excluding carboxylic acids is 2. The van der Waals surface area contributed by atoms with Crippen molar-refractivity contribution in [1.82, 2.24) is 4.57 Å². The molecule has 228 valence electrons. The molecule has 0 spiro atoms. The first-order valence-corrected chi connectivity index (χ1v) is 14.4. The Kier molecular flexibility index (Phi) is 26.6. The average molecular weight is 652 g/mol. The second-order valence-electron chi connectivity index (χ2n) is 7.82. The van der Waals surface area contributed by atoms with Gasteiger partial charge in [-0.05, 0) is 59.9 Å². The van der Waals surface area contributed by atoms with Gasteiger partial charge in [-0.2, -0.15) is 0 Å². The number of rotatable bonds is 11. The number of benzene rings is 1. The summed E-state index contributed by atoms with van der Waals surface area (Å²) in [5, 5.41) is 9.33. The van der Waals surface area contributed by atoms with Crippen LogP contribution in [0, 0.1) is 12.8 Å². The Hall–Kier alpha value is -3.14. The molecule has 0 radical (unpaired) electrons. The molecule has 0 aliphatic carbocycles. The van der Waals surface area contributed by atoms with Crippen molar-refractivity contribution < 1.29 is 24.2 Å². The van der Waals surface area contributed by atoms with Crippen molar-refractivity contribution in [2.45, 2.75) is 47.5 Å². The van der Waals surface area contributed by atoms with E-state index >= 15 is 0 Å². The maximum absolute atomic E-state index is 12.1. The van der Waals surface area contributed by atoms with Crippen molar-refractivity contribution in [3.63, 3.8) is 0 Å². The van der Waals surface area contributed by atoms with Crippen LogP contribution in [0.15, 0.2) is 72.1 Å². The molecule has 1 atom stereocenters. The Morgan fingerprint density at radius 3 is 2.17 bits per heavy atom.